The predicted octanol–water partition coefficient (Wildman–Crippen LogP) is 3.71. The van der Waals surface area contributed by atoms with Gasteiger partial charge in [-0.15, -0.1) is 10.2 Å². The van der Waals surface area contributed by atoms with Crippen LogP contribution < -0.4 is 10.1 Å². The van der Waals surface area contributed by atoms with Crippen LogP contribution in [-0.4, -0.2) is 31.1 Å². The highest BCUT2D eigenvalue weighted by atomic mass is 32.1. The lowest BCUT2D eigenvalue weighted by atomic mass is 10.2. The number of rotatable bonds is 5. The maximum absolute atomic E-state index is 12.5. The van der Waals surface area contributed by atoms with Gasteiger partial charge in [0.05, 0.1) is 5.56 Å². The Kier molecular flexibility index (Phi) is 4.86. The minimum Gasteiger partial charge on any atom is -0.469 e. The Balaban J connectivity index is 1.24. The van der Waals surface area contributed by atoms with Gasteiger partial charge in [0.15, 0.2) is 0 Å². The Hall–Kier alpha value is -3.72. The number of ether oxygens (including phenoxy) is 1. The second-order valence-corrected chi connectivity index (χ2v) is 7.65. The summed E-state index contributed by atoms with van der Waals surface area (Å²) in [5.74, 6) is 0.172. The minimum atomic E-state index is -0.304. The summed E-state index contributed by atoms with van der Waals surface area (Å²) in [6.45, 7) is 0. The van der Waals surface area contributed by atoms with E-state index >= 15 is 0 Å². The maximum Gasteiger partial charge on any atom is 0.259 e. The fraction of sp³-hybridized carbons (Fsp3) is 0.143. The molecular weight excluding hydrogens is 400 g/mol. The zero-order valence-electron chi connectivity index (χ0n) is 15.7. The van der Waals surface area contributed by atoms with E-state index in [4.69, 9.17) is 4.74 Å². The summed E-state index contributed by atoms with van der Waals surface area (Å²) in [6.07, 6.45) is 8.36. The predicted molar refractivity (Wildman–Crippen MR) is 111 cm³/mol. The van der Waals surface area contributed by atoms with Crippen LogP contribution in [0, 0.1) is 0 Å². The maximum atomic E-state index is 12.5. The summed E-state index contributed by atoms with van der Waals surface area (Å²) in [5.41, 5.74) is 3.48. The monoisotopic (exact) mass is 416 g/mol. The SMILES string of the molecule is O=C(Nc1nnc(-c2ccncc2)s1)c1ccc(OC2CCc3ncccc32)nc1. The third-order valence-electron chi connectivity index (χ3n) is 4.75. The van der Waals surface area contributed by atoms with Gasteiger partial charge in [0.25, 0.3) is 5.91 Å². The van der Waals surface area contributed by atoms with Gasteiger partial charge in [-0.05, 0) is 37.1 Å². The number of hydrogen-bond donors (Lipinski definition) is 1. The summed E-state index contributed by atoms with van der Waals surface area (Å²) in [5, 5.41) is 12.0. The zero-order valence-corrected chi connectivity index (χ0v) is 16.5. The fourth-order valence-corrected chi connectivity index (χ4v) is 4.03. The van der Waals surface area contributed by atoms with Gasteiger partial charge in [0.1, 0.15) is 11.1 Å². The van der Waals surface area contributed by atoms with Crippen LogP contribution in [0.25, 0.3) is 10.6 Å². The van der Waals surface area contributed by atoms with Crippen LogP contribution in [0.5, 0.6) is 5.88 Å². The van der Waals surface area contributed by atoms with Gasteiger partial charge >= 0.3 is 0 Å². The number of fused-ring (bicyclic) bond motifs is 1. The molecule has 5 rings (SSSR count). The zero-order chi connectivity index (χ0) is 20.3. The molecule has 0 aliphatic heterocycles. The number of aromatic nitrogens is 5. The van der Waals surface area contributed by atoms with E-state index in [2.05, 4.69) is 30.5 Å². The lowest BCUT2D eigenvalue weighted by molar-refractivity contribution is 0.102. The standard InChI is InChI=1S/C21H16N6O2S/c28-19(25-21-27-26-20(30-21)13-7-10-22-11-8-13)14-3-6-18(24-12-14)29-17-5-4-16-15(17)2-1-9-23-16/h1-3,6-12,17H,4-5H2,(H,25,27,28). The van der Waals surface area contributed by atoms with Gasteiger partial charge in [-0.25, -0.2) is 4.98 Å². The molecular formula is C21H16N6O2S. The molecule has 0 saturated heterocycles. The van der Waals surface area contributed by atoms with E-state index in [-0.39, 0.29) is 12.0 Å². The van der Waals surface area contributed by atoms with E-state index in [1.165, 1.54) is 17.5 Å². The average molecular weight is 416 g/mol. The van der Waals surface area contributed by atoms with Crippen molar-refractivity contribution < 1.29 is 9.53 Å². The summed E-state index contributed by atoms with van der Waals surface area (Å²) >= 11 is 1.29. The van der Waals surface area contributed by atoms with Crippen molar-refractivity contribution in [1.82, 2.24) is 25.1 Å². The molecule has 8 nitrogen and oxygen atoms in total. The Morgan fingerprint density at radius 1 is 1.07 bits per heavy atom. The number of hydrogen-bond acceptors (Lipinski definition) is 8. The van der Waals surface area contributed by atoms with E-state index < -0.39 is 0 Å². The highest BCUT2D eigenvalue weighted by molar-refractivity contribution is 7.18. The number of carbonyl (C=O) groups excluding carboxylic acids is 1. The molecule has 1 unspecified atom stereocenters. The second kappa shape index (κ2) is 7.96. The van der Waals surface area contributed by atoms with Gasteiger partial charge in [-0.2, -0.15) is 0 Å². The number of nitrogens with zero attached hydrogens (tertiary/aromatic N) is 5. The lowest BCUT2D eigenvalue weighted by Gasteiger charge is -2.13. The molecule has 30 heavy (non-hydrogen) atoms. The molecule has 1 N–H and O–H groups in total. The number of nitrogens with one attached hydrogen (secondary N) is 1. The molecule has 1 amide bonds. The van der Waals surface area contributed by atoms with Crippen molar-refractivity contribution >= 4 is 22.4 Å². The molecule has 0 fully saturated rings. The Bertz CT molecular complexity index is 1180. The molecule has 0 spiro atoms. The highest BCUT2D eigenvalue weighted by Gasteiger charge is 2.25. The average Bonchev–Trinajstić information content (AvgIpc) is 3.42. The van der Waals surface area contributed by atoms with E-state index in [0.717, 1.165) is 29.7 Å². The lowest BCUT2D eigenvalue weighted by Crippen LogP contribution is -2.12. The molecule has 4 heterocycles. The number of carbonyl (C=O) groups is 1. The van der Waals surface area contributed by atoms with Crippen LogP contribution in [0.4, 0.5) is 5.13 Å². The van der Waals surface area contributed by atoms with Crippen LogP contribution in [0.2, 0.25) is 0 Å². The second-order valence-electron chi connectivity index (χ2n) is 6.67. The molecule has 0 aromatic carbocycles. The van der Waals surface area contributed by atoms with Gasteiger partial charge in [-0.3, -0.25) is 20.1 Å². The molecule has 1 atom stereocenters. The molecule has 0 bridgehead atoms. The largest absolute Gasteiger partial charge is 0.469 e. The van der Waals surface area contributed by atoms with Crippen LogP contribution in [-0.2, 0) is 6.42 Å². The van der Waals surface area contributed by atoms with Crippen molar-refractivity contribution in [1.29, 1.82) is 0 Å². The third-order valence-corrected chi connectivity index (χ3v) is 5.64. The van der Waals surface area contributed by atoms with E-state index in [1.807, 2.05) is 24.3 Å². The van der Waals surface area contributed by atoms with Crippen molar-refractivity contribution in [2.24, 2.45) is 0 Å². The summed E-state index contributed by atoms with van der Waals surface area (Å²) in [4.78, 5) is 25.2. The molecule has 1 aliphatic rings. The number of aryl methyl sites for hydroxylation is 1. The molecule has 4 aromatic rings. The molecule has 4 aromatic heterocycles. The Morgan fingerprint density at radius 3 is 2.80 bits per heavy atom. The van der Waals surface area contributed by atoms with Crippen molar-refractivity contribution in [3.63, 3.8) is 0 Å². The minimum absolute atomic E-state index is 0.0612. The highest BCUT2D eigenvalue weighted by Crippen LogP contribution is 2.33. The van der Waals surface area contributed by atoms with Crippen LogP contribution >= 0.6 is 11.3 Å². The van der Waals surface area contributed by atoms with Crippen molar-refractivity contribution in [2.45, 2.75) is 18.9 Å². The molecule has 1 aliphatic carbocycles. The molecule has 0 radical (unpaired) electrons. The van der Waals surface area contributed by atoms with Crippen LogP contribution in [0.3, 0.4) is 0 Å². The van der Waals surface area contributed by atoms with Crippen molar-refractivity contribution in [3.8, 4) is 16.5 Å². The smallest absolute Gasteiger partial charge is 0.259 e. The normalized spacial score (nSPS) is 14.9. The first-order valence-corrected chi connectivity index (χ1v) is 10.2. The van der Waals surface area contributed by atoms with Gasteiger partial charge in [0.2, 0.25) is 11.0 Å². The first-order chi connectivity index (χ1) is 14.8. The van der Waals surface area contributed by atoms with Gasteiger partial charge in [-0.1, -0.05) is 17.4 Å². The molecule has 9 heteroatoms. The summed E-state index contributed by atoms with van der Waals surface area (Å²) < 4.78 is 6.00. The molecule has 0 saturated carbocycles. The Labute approximate surface area is 176 Å². The number of amides is 1. The first kappa shape index (κ1) is 18.3. The van der Waals surface area contributed by atoms with Crippen LogP contribution in [0.1, 0.15) is 34.1 Å². The summed E-state index contributed by atoms with van der Waals surface area (Å²) in [6, 6.07) is 11.0. The first-order valence-electron chi connectivity index (χ1n) is 9.38. The number of anilines is 1. The van der Waals surface area contributed by atoms with Crippen molar-refractivity contribution in [2.75, 3.05) is 5.32 Å². The third kappa shape index (κ3) is 3.74. The summed E-state index contributed by atoms with van der Waals surface area (Å²) in [7, 11) is 0. The molecule has 148 valence electrons. The topological polar surface area (TPSA) is 103 Å². The quantitative estimate of drug-likeness (QED) is 0.529. The van der Waals surface area contributed by atoms with E-state index in [0.29, 0.717) is 21.6 Å². The van der Waals surface area contributed by atoms with Crippen molar-refractivity contribution in [3.05, 3.63) is 78.0 Å². The fourth-order valence-electron chi connectivity index (χ4n) is 3.28. The van der Waals surface area contributed by atoms with Gasteiger partial charge < -0.3 is 4.74 Å². The Morgan fingerprint density at radius 2 is 1.97 bits per heavy atom. The van der Waals surface area contributed by atoms with E-state index in [1.54, 1.807) is 30.7 Å². The van der Waals surface area contributed by atoms with Gasteiger partial charge in [0, 0.05) is 47.7 Å². The number of pyridine rings is 3. The van der Waals surface area contributed by atoms with Crippen LogP contribution in [0.15, 0.2) is 61.2 Å². The van der Waals surface area contributed by atoms with E-state index in [9.17, 15) is 4.79 Å².